The second kappa shape index (κ2) is 7.64. The molecule has 0 aliphatic carbocycles. The predicted octanol–water partition coefficient (Wildman–Crippen LogP) is 5.94. The highest BCUT2D eigenvalue weighted by Gasteiger charge is 2.10. The highest BCUT2D eigenvalue weighted by atomic mass is 15.1. The molecule has 28 heavy (non-hydrogen) atoms. The molecule has 0 bridgehead atoms. The third-order valence-corrected chi connectivity index (χ3v) is 4.58. The average Bonchev–Trinajstić information content (AvgIpc) is 2.68. The smallest absolute Gasteiger partial charge is 0.229 e. The van der Waals surface area contributed by atoms with Crippen molar-refractivity contribution >= 4 is 34.0 Å². The lowest BCUT2D eigenvalue weighted by molar-refractivity contribution is 0.868. The van der Waals surface area contributed by atoms with Crippen LogP contribution >= 0.6 is 0 Å². The van der Waals surface area contributed by atoms with Crippen LogP contribution in [0.3, 0.4) is 0 Å². The van der Waals surface area contributed by atoms with E-state index in [1.165, 1.54) is 5.56 Å². The van der Waals surface area contributed by atoms with Crippen molar-refractivity contribution in [1.29, 1.82) is 0 Å². The number of aromatic nitrogens is 3. The van der Waals surface area contributed by atoms with E-state index in [9.17, 15) is 0 Å². The average molecular weight is 369 g/mol. The number of benzene rings is 2. The zero-order chi connectivity index (χ0) is 19.5. The Hall–Kier alpha value is -3.47. The van der Waals surface area contributed by atoms with Crippen LogP contribution < -0.4 is 10.6 Å². The highest BCUT2D eigenvalue weighted by Crippen LogP contribution is 2.28. The molecule has 0 saturated carbocycles. The van der Waals surface area contributed by atoms with Crippen molar-refractivity contribution < 1.29 is 0 Å². The Morgan fingerprint density at radius 1 is 0.821 bits per heavy atom. The van der Waals surface area contributed by atoms with Crippen molar-refractivity contribution in [2.24, 2.45) is 0 Å². The molecular formula is C23H23N5. The van der Waals surface area contributed by atoms with Gasteiger partial charge in [-0.3, -0.25) is 4.98 Å². The molecule has 5 heteroatoms. The van der Waals surface area contributed by atoms with Gasteiger partial charge in [0.15, 0.2) is 0 Å². The Labute approximate surface area is 164 Å². The van der Waals surface area contributed by atoms with Crippen LogP contribution in [-0.2, 0) is 0 Å². The fraction of sp³-hybridized carbons (Fsp3) is 0.174. The SMILES string of the molecule is Cc1cc(Nc2cccc3cccnc23)nc(Nc2ccccc2C(C)C)n1. The lowest BCUT2D eigenvalue weighted by atomic mass is 10.0. The zero-order valence-corrected chi connectivity index (χ0v) is 16.3. The van der Waals surface area contributed by atoms with Crippen molar-refractivity contribution in [3.8, 4) is 0 Å². The van der Waals surface area contributed by atoms with E-state index in [2.05, 4.69) is 69.8 Å². The lowest BCUT2D eigenvalue weighted by Crippen LogP contribution is -2.04. The number of para-hydroxylation sites is 2. The third kappa shape index (κ3) is 3.78. The normalized spacial score (nSPS) is 11.0. The van der Waals surface area contributed by atoms with E-state index >= 15 is 0 Å². The predicted molar refractivity (Wildman–Crippen MR) is 116 cm³/mol. The summed E-state index contributed by atoms with van der Waals surface area (Å²) in [5.74, 6) is 1.71. The van der Waals surface area contributed by atoms with Gasteiger partial charge in [-0.05, 0) is 36.6 Å². The van der Waals surface area contributed by atoms with E-state index in [4.69, 9.17) is 0 Å². The summed E-state index contributed by atoms with van der Waals surface area (Å²) in [6.45, 7) is 6.32. The molecule has 0 fully saturated rings. The monoisotopic (exact) mass is 369 g/mol. The van der Waals surface area contributed by atoms with Crippen molar-refractivity contribution in [3.63, 3.8) is 0 Å². The molecule has 0 saturated heterocycles. The number of nitrogens with one attached hydrogen (secondary N) is 2. The second-order valence-corrected chi connectivity index (χ2v) is 7.09. The topological polar surface area (TPSA) is 62.7 Å². The molecule has 2 heterocycles. The van der Waals surface area contributed by atoms with E-state index in [-0.39, 0.29) is 0 Å². The maximum atomic E-state index is 4.67. The fourth-order valence-electron chi connectivity index (χ4n) is 3.27. The summed E-state index contributed by atoms with van der Waals surface area (Å²) >= 11 is 0. The van der Waals surface area contributed by atoms with Gasteiger partial charge in [0.1, 0.15) is 5.82 Å². The van der Waals surface area contributed by atoms with Gasteiger partial charge < -0.3 is 10.6 Å². The van der Waals surface area contributed by atoms with Crippen LogP contribution in [0.2, 0.25) is 0 Å². The summed E-state index contributed by atoms with van der Waals surface area (Å²) < 4.78 is 0. The Morgan fingerprint density at radius 2 is 1.61 bits per heavy atom. The minimum Gasteiger partial charge on any atom is -0.338 e. The van der Waals surface area contributed by atoms with Crippen LogP contribution in [0.15, 0.2) is 66.9 Å². The maximum absolute atomic E-state index is 4.67. The summed E-state index contributed by atoms with van der Waals surface area (Å²) in [7, 11) is 0. The minimum atomic E-state index is 0.410. The first-order valence-corrected chi connectivity index (χ1v) is 9.42. The van der Waals surface area contributed by atoms with Crippen molar-refractivity contribution in [3.05, 3.63) is 78.1 Å². The summed E-state index contributed by atoms with van der Waals surface area (Å²) in [4.78, 5) is 13.7. The molecule has 5 nitrogen and oxygen atoms in total. The molecule has 2 aromatic carbocycles. The fourth-order valence-corrected chi connectivity index (χ4v) is 3.27. The maximum Gasteiger partial charge on any atom is 0.229 e. The molecule has 2 aromatic heterocycles. The van der Waals surface area contributed by atoms with Crippen molar-refractivity contribution in [2.75, 3.05) is 10.6 Å². The van der Waals surface area contributed by atoms with Crippen molar-refractivity contribution in [1.82, 2.24) is 15.0 Å². The summed E-state index contributed by atoms with van der Waals surface area (Å²) in [6.07, 6.45) is 1.80. The minimum absolute atomic E-state index is 0.410. The number of anilines is 4. The lowest BCUT2D eigenvalue weighted by Gasteiger charge is -2.15. The summed E-state index contributed by atoms with van der Waals surface area (Å²) in [5.41, 5.74) is 4.99. The molecule has 0 aliphatic rings. The third-order valence-electron chi connectivity index (χ3n) is 4.58. The van der Waals surface area contributed by atoms with E-state index in [1.54, 1.807) is 6.20 Å². The Balaban J connectivity index is 1.66. The number of pyridine rings is 1. The first-order valence-electron chi connectivity index (χ1n) is 9.42. The standard InChI is InChI=1S/C23H23N5/c1-15(2)18-10-4-5-11-19(18)27-23-25-16(3)14-21(28-23)26-20-12-6-8-17-9-7-13-24-22(17)20/h4-15H,1-3H3,(H2,25,26,27,28). The molecular weight excluding hydrogens is 346 g/mol. The Morgan fingerprint density at radius 3 is 2.46 bits per heavy atom. The van der Waals surface area contributed by atoms with Gasteiger partial charge >= 0.3 is 0 Å². The molecule has 0 radical (unpaired) electrons. The summed E-state index contributed by atoms with van der Waals surface area (Å²) in [5, 5.41) is 7.86. The number of fused-ring (bicyclic) bond motifs is 1. The van der Waals surface area contributed by atoms with Crippen LogP contribution in [0, 0.1) is 6.92 Å². The molecule has 2 N–H and O–H groups in total. The Kier molecular flexibility index (Phi) is 4.89. The first kappa shape index (κ1) is 17.9. The van der Waals surface area contributed by atoms with Gasteiger partial charge in [-0.1, -0.05) is 50.2 Å². The number of rotatable bonds is 5. The van der Waals surface area contributed by atoms with Crippen LogP contribution in [0.25, 0.3) is 10.9 Å². The summed E-state index contributed by atoms with van der Waals surface area (Å²) in [6, 6.07) is 20.3. The van der Waals surface area contributed by atoms with Gasteiger partial charge in [-0.25, -0.2) is 4.98 Å². The molecule has 0 aliphatic heterocycles. The molecule has 0 atom stereocenters. The Bertz CT molecular complexity index is 1120. The number of aryl methyl sites for hydroxylation is 1. The molecule has 4 aromatic rings. The molecule has 0 amide bonds. The second-order valence-electron chi connectivity index (χ2n) is 7.09. The van der Waals surface area contributed by atoms with Crippen LogP contribution in [0.4, 0.5) is 23.1 Å². The van der Waals surface area contributed by atoms with Gasteiger partial charge in [-0.15, -0.1) is 0 Å². The molecule has 0 spiro atoms. The quantitative estimate of drug-likeness (QED) is 0.455. The van der Waals surface area contributed by atoms with Gasteiger partial charge in [0.25, 0.3) is 0 Å². The number of nitrogens with zero attached hydrogens (tertiary/aromatic N) is 3. The van der Waals surface area contributed by atoms with E-state index in [0.717, 1.165) is 33.8 Å². The van der Waals surface area contributed by atoms with Crippen LogP contribution in [0.5, 0.6) is 0 Å². The zero-order valence-electron chi connectivity index (χ0n) is 16.3. The van der Waals surface area contributed by atoms with Gasteiger partial charge in [0.05, 0.1) is 11.2 Å². The molecule has 0 unspecified atom stereocenters. The number of hydrogen-bond acceptors (Lipinski definition) is 5. The van der Waals surface area contributed by atoms with Crippen molar-refractivity contribution in [2.45, 2.75) is 26.7 Å². The van der Waals surface area contributed by atoms with Gasteiger partial charge in [0, 0.05) is 29.0 Å². The van der Waals surface area contributed by atoms with Gasteiger partial charge in [0.2, 0.25) is 5.95 Å². The highest BCUT2D eigenvalue weighted by molar-refractivity contribution is 5.91. The first-order chi connectivity index (χ1) is 13.6. The molecule has 140 valence electrons. The molecule has 4 rings (SSSR count). The van der Waals surface area contributed by atoms with E-state index in [0.29, 0.717) is 11.9 Å². The van der Waals surface area contributed by atoms with E-state index in [1.807, 2.05) is 37.3 Å². The van der Waals surface area contributed by atoms with Gasteiger partial charge in [-0.2, -0.15) is 4.98 Å². The van der Waals surface area contributed by atoms with Crippen LogP contribution in [0.1, 0.15) is 31.0 Å². The number of hydrogen-bond donors (Lipinski definition) is 2. The largest absolute Gasteiger partial charge is 0.338 e. The van der Waals surface area contributed by atoms with Crippen LogP contribution in [-0.4, -0.2) is 15.0 Å². The van der Waals surface area contributed by atoms with E-state index < -0.39 is 0 Å².